The third-order valence-electron chi connectivity index (χ3n) is 2.97. The molecule has 0 aliphatic rings. The van der Waals surface area contributed by atoms with Crippen LogP contribution in [0.1, 0.15) is 22.3 Å². The van der Waals surface area contributed by atoms with Crippen LogP contribution >= 0.6 is 0 Å². The van der Waals surface area contributed by atoms with Gasteiger partial charge in [-0.05, 0) is 0 Å². The largest absolute Gasteiger partial charge is 0.204 e. The second-order valence-electron chi connectivity index (χ2n) is 4.46. The minimum atomic E-state index is -2.03. The summed E-state index contributed by atoms with van der Waals surface area (Å²) in [4.78, 5) is 0. The molecular formula is C16F8N4. The van der Waals surface area contributed by atoms with Crippen molar-refractivity contribution in [2.75, 3.05) is 0 Å². The van der Waals surface area contributed by atoms with Gasteiger partial charge in [-0.15, -0.1) is 0 Å². The molecular weight excluding hydrogens is 400 g/mol. The van der Waals surface area contributed by atoms with Crippen molar-refractivity contribution in [1.29, 1.82) is 21.0 Å². The van der Waals surface area contributed by atoms with E-state index in [9.17, 15) is 35.1 Å². The van der Waals surface area contributed by atoms with Crippen LogP contribution in [0.5, 0.6) is 0 Å². The van der Waals surface area contributed by atoms with Gasteiger partial charge in [0.1, 0.15) is 46.5 Å². The summed E-state index contributed by atoms with van der Waals surface area (Å²) >= 11 is 0. The van der Waals surface area contributed by atoms with Crippen LogP contribution in [0.25, 0.3) is 0 Å². The number of hydrogen-bond donors (Lipinski definition) is 0. The summed E-state index contributed by atoms with van der Waals surface area (Å²) in [6, 6.07) is 3.99. The van der Waals surface area contributed by atoms with Gasteiger partial charge in [0, 0.05) is 0 Å². The summed E-state index contributed by atoms with van der Waals surface area (Å²) in [5.41, 5.74) is -5.22. The molecule has 2 rings (SSSR count). The molecule has 0 fully saturated rings. The highest BCUT2D eigenvalue weighted by molar-refractivity contribution is 5.44. The van der Waals surface area contributed by atoms with Crippen LogP contribution in [0.15, 0.2) is 0 Å². The first-order valence-corrected chi connectivity index (χ1v) is 6.41. The Kier molecular flexibility index (Phi) is 6.63. The number of halogens is 8. The van der Waals surface area contributed by atoms with Gasteiger partial charge in [0.15, 0.2) is 46.5 Å². The molecule has 4 nitrogen and oxygen atoms in total. The SMILES string of the molecule is N#Cc1c(F)c(F)c(F)c(C#N)c1F.N#Cc1c(F)c(F)c(F)c(C#N)c1F. The van der Waals surface area contributed by atoms with Gasteiger partial charge in [-0.2, -0.15) is 21.0 Å². The standard InChI is InChI=1S/2C8F4N2/c2*9-5-3(1-13)6(10)8(12)7(11)4(5)2-14. The molecule has 0 heterocycles. The molecule has 28 heavy (non-hydrogen) atoms. The minimum Gasteiger partial charge on any atom is -0.204 e. The van der Waals surface area contributed by atoms with Crippen LogP contribution in [0.2, 0.25) is 0 Å². The Morgan fingerprint density at radius 1 is 0.321 bits per heavy atom. The van der Waals surface area contributed by atoms with Crippen molar-refractivity contribution >= 4 is 0 Å². The molecule has 12 heteroatoms. The van der Waals surface area contributed by atoms with Gasteiger partial charge in [-0.1, -0.05) is 0 Å². The van der Waals surface area contributed by atoms with E-state index in [0.717, 1.165) is 24.3 Å². The first kappa shape index (κ1) is 21.9. The summed E-state index contributed by atoms with van der Waals surface area (Å²) in [5, 5.41) is 32.8. The van der Waals surface area contributed by atoms with E-state index in [4.69, 9.17) is 21.0 Å². The average molecular weight is 400 g/mol. The van der Waals surface area contributed by atoms with Crippen LogP contribution in [0, 0.1) is 91.9 Å². The van der Waals surface area contributed by atoms with Crippen molar-refractivity contribution in [3.63, 3.8) is 0 Å². The molecule has 0 saturated heterocycles. The number of benzene rings is 2. The van der Waals surface area contributed by atoms with Crippen LogP contribution in [0.3, 0.4) is 0 Å². The Morgan fingerprint density at radius 3 is 0.643 bits per heavy atom. The van der Waals surface area contributed by atoms with Gasteiger partial charge >= 0.3 is 0 Å². The Labute approximate surface area is 150 Å². The Morgan fingerprint density at radius 2 is 0.500 bits per heavy atom. The molecule has 2 aromatic carbocycles. The Hall–Kier alpha value is -4.16. The van der Waals surface area contributed by atoms with Crippen LogP contribution < -0.4 is 0 Å². The molecule has 0 radical (unpaired) electrons. The summed E-state index contributed by atoms with van der Waals surface area (Å²) in [7, 11) is 0. The smallest absolute Gasteiger partial charge is 0.197 e. The fourth-order valence-electron chi connectivity index (χ4n) is 1.66. The molecule has 0 amide bonds. The molecule has 0 spiro atoms. The summed E-state index contributed by atoms with van der Waals surface area (Å²) in [6.07, 6.45) is 0. The fraction of sp³-hybridized carbons (Fsp3) is 0. The monoisotopic (exact) mass is 400 g/mol. The first-order valence-electron chi connectivity index (χ1n) is 6.41. The lowest BCUT2D eigenvalue weighted by atomic mass is 10.1. The molecule has 0 aliphatic heterocycles. The van der Waals surface area contributed by atoms with Crippen molar-refractivity contribution in [2.45, 2.75) is 0 Å². The number of nitrogens with zero attached hydrogens (tertiary/aromatic N) is 4. The van der Waals surface area contributed by atoms with Crippen LogP contribution in [0.4, 0.5) is 35.1 Å². The lowest BCUT2D eigenvalue weighted by molar-refractivity contribution is 0.429. The normalized spacial score (nSPS) is 9.29. The van der Waals surface area contributed by atoms with E-state index in [0.29, 0.717) is 0 Å². The quantitative estimate of drug-likeness (QED) is 0.380. The predicted octanol–water partition coefficient (Wildman–Crippen LogP) is 3.97. The van der Waals surface area contributed by atoms with E-state index < -0.39 is 68.8 Å². The zero-order valence-electron chi connectivity index (χ0n) is 12.8. The van der Waals surface area contributed by atoms with E-state index in [1.807, 2.05) is 0 Å². The number of hydrogen-bond acceptors (Lipinski definition) is 4. The Bertz CT molecular complexity index is 973. The average Bonchev–Trinajstić information content (AvgIpc) is 2.67. The maximum atomic E-state index is 12.9. The third-order valence-corrected chi connectivity index (χ3v) is 2.97. The highest BCUT2D eigenvalue weighted by Crippen LogP contribution is 2.23. The molecule has 2 aromatic rings. The van der Waals surface area contributed by atoms with E-state index in [2.05, 4.69) is 0 Å². The Balaban J connectivity index is 0.000000280. The van der Waals surface area contributed by atoms with Crippen molar-refractivity contribution in [3.05, 3.63) is 68.8 Å². The predicted molar refractivity (Wildman–Crippen MR) is 71.4 cm³/mol. The fourth-order valence-corrected chi connectivity index (χ4v) is 1.66. The summed E-state index contributed by atoms with van der Waals surface area (Å²) in [5.74, 6) is -15.2. The number of rotatable bonds is 0. The minimum absolute atomic E-state index is 0.999. The molecule has 0 aromatic heterocycles. The summed E-state index contributed by atoms with van der Waals surface area (Å²) < 4.78 is 102. The van der Waals surface area contributed by atoms with Gasteiger partial charge in [-0.3, -0.25) is 0 Å². The zero-order chi connectivity index (χ0) is 21.8. The van der Waals surface area contributed by atoms with Gasteiger partial charge < -0.3 is 0 Å². The van der Waals surface area contributed by atoms with Crippen molar-refractivity contribution in [1.82, 2.24) is 0 Å². The highest BCUT2D eigenvalue weighted by Gasteiger charge is 2.26. The molecule has 0 N–H and O–H groups in total. The van der Waals surface area contributed by atoms with Gasteiger partial charge in [-0.25, -0.2) is 35.1 Å². The van der Waals surface area contributed by atoms with Gasteiger partial charge in [0.2, 0.25) is 0 Å². The molecule has 0 bridgehead atoms. The maximum absolute atomic E-state index is 12.9. The second kappa shape index (κ2) is 8.48. The maximum Gasteiger partial charge on any atom is 0.197 e. The molecule has 0 saturated carbocycles. The number of nitriles is 4. The molecule has 0 aliphatic carbocycles. The molecule has 140 valence electrons. The summed E-state index contributed by atoms with van der Waals surface area (Å²) in [6.45, 7) is 0. The van der Waals surface area contributed by atoms with E-state index in [-0.39, 0.29) is 0 Å². The van der Waals surface area contributed by atoms with E-state index in [1.165, 1.54) is 0 Å². The molecule has 0 atom stereocenters. The van der Waals surface area contributed by atoms with E-state index in [1.54, 1.807) is 0 Å². The topological polar surface area (TPSA) is 95.2 Å². The van der Waals surface area contributed by atoms with Crippen molar-refractivity contribution in [2.24, 2.45) is 0 Å². The first-order chi connectivity index (χ1) is 13.1. The molecule has 0 unspecified atom stereocenters. The van der Waals surface area contributed by atoms with Crippen molar-refractivity contribution < 1.29 is 35.1 Å². The van der Waals surface area contributed by atoms with Crippen molar-refractivity contribution in [3.8, 4) is 24.3 Å². The third kappa shape index (κ3) is 3.53. The highest BCUT2D eigenvalue weighted by atomic mass is 19.2. The lowest BCUT2D eigenvalue weighted by Crippen LogP contribution is -2.04. The lowest BCUT2D eigenvalue weighted by Gasteiger charge is -2.01. The second-order valence-corrected chi connectivity index (χ2v) is 4.46. The van der Waals surface area contributed by atoms with Gasteiger partial charge in [0.25, 0.3) is 0 Å². The van der Waals surface area contributed by atoms with Crippen LogP contribution in [-0.4, -0.2) is 0 Å². The van der Waals surface area contributed by atoms with Gasteiger partial charge in [0.05, 0.1) is 0 Å². The zero-order valence-corrected chi connectivity index (χ0v) is 12.8. The van der Waals surface area contributed by atoms with Crippen LogP contribution in [-0.2, 0) is 0 Å². The van der Waals surface area contributed by atoms with E-state index >= 15 is 0 Å².